The first-order valence-electron chi connectivity index (χ1n) is 3.91. The van der Waals surface area contributed by atoms with Crippen molar-refractivity contribution >= 4 is 5.97 Å². The first-order valence-corrected chi connectivity index (χ1v) is 3.91. The second kappa shape index (κ2) is 5.13. The average Bonchev–Trinajstić information content (AvgIpc) is 1.98. The van der Waals surface area contributed by atoms with Crippen LogP contribution < -0.4 is 5.73 Å². The highest BCUT2D eigenvalue weighted by Gasteiger charge is 2.13. The normalized spacial score (nSPS) is 13.2. The fraction of sp³-hybridized carbons (Fsp3) is 0.875. The molecule has 0 aliphatic rings. The summed E-state index contributed by atoms with van der Waals surface area (Å²) in [5.41, 5.74) is 5.50. The zero-order valence-corrected chi connectivity index (χ0v) is 7.46. The third-order valence-corrected chi connectivity index (χ3v) is 1.56. The van der Waals surface area contributed by atoms with Crippen LogP contribution in [0, 0.1) is 5.92 Å². The summed E-state index contributed by atoms with van der Waals surface area (Å²) in [6.07, 6.45) is 1.68. The van der Waals surface area contributed by atoms with Gasteiger partial charge in [0.25, 0.3) is 0 Å². The number of nitrogens with two attached hydrogens (primary N) is 1. The highest BCUT2D eigenvalue weighted by Crippen LogP contribution is 2.05. The number of methoxy groups -OCH3 is 1. The van der Waals surface area contributed by atoms with Crippen molar-refractivity contribution < 1.29 is 9.53 Å². The van der Waals surface area contributed by atoms with Crippen molar-refractivity contribution in [2.75, 3.05) is 7.11 Å². The molecule has 0 aromatic heterocycles. The van der Waals surface area contributed by atoms with E-state index in [0.717, 1.165) is 6.42 Å². The molecule has 0 spiro atoms. The summed E-state index contributed by atoms with van der Waals surface area (Å²) in [4.78, 5) is 10.8. The Kier molecular flexibility index (Phi) is 4.86. The van der Waals surface area contributed by atoms with Crippen LogP contribution in [0.4, 0.5) is 0 Å². The maximum Gasteiger partial charge on any atom is 0.322 e. The van der Waals surface area contributed by atoms with Crippen molar-refractivity contribution in [3.05, 3.63) is 0 Å². The van der Waals surface area contributed by atoms with E-state index in [9.17, 15) is 4.79 Å². The van der Waals surface area contributed by atoms with E-state index in [4.69, 9.17) is 5.73 Å². The molecule has 0 aliphatic heterocycles. The summed E-state index contributed by atoms with van der Waals surface area (Å²) in [6.45, 7) is 4.20. The second-order valence-electron chi connectivity index (χ2n) is 3.10. The Morgan fingerprint density at radius 1 is 1.45 bits per heavy atom. The average molecular weight is 159 g/mol. The number of ether oxygens (including phenoxy) is 1. The number of hydrogen-bond donors (Lipinski definition) is 1. The Balaban J connectivity index is 3.52. The molecule has 0 aliphatic carbocycles. The van der Waals surface area contributed by atoms with Crippen molar-refractivity contribution in [1.82, 2.24) is 0 Å². The fourth-order valence-electron chi connectivity index (χ4n) is 0.782. The first kappa shape index (κ1) is 10.4. The van der Waals surface area contributed by atoms with Crippen LogP contribution in [-0.4, -0.2) is 19.1 Å². The maximum absolute atomic E-state index is 10.8. The summed E-state index contributed by atoms with van der Waals surface area (Å²) in [7, 11) is 1.36. The molecule has 3 nitrogen and oxygen atoms in total. The van der Waals surface area contributed by atoms with Crippen LogP contribution in [0.2, 0.25) is 0 Å². The van der Waals surface area contributed by atoms with E-state index in [1.165, 1.54) is 7.11 Å². The van der Waals surface area contributed by atoms with Gasteiger partial charge >= 0.3 is 5.97 Å². The van der Waals surface area contributed by atoms with Crippen molar-refractivity contribution in [3.8, 4) is 0 Å². The Labute approximate surface area is 67.9 Å². The molecule has 3 heteroatoms. The summed E-state index contributed by atoms with van der Waals surface area (Å²) in [5.74, 6) is 0.274. The lowest BCUT2D eigenvalue weighted by Gasteiger charge is -2.09. The van der Waals surface area contributed by atoms with Gasteiger partial charge in [-0.15, -0.1) is 0 Å². The molecule has 0 saturated carbocycles. The van der Waals surface area contributed by atoms with Gasteiger partial charge in [0.05, 0.1) is 7.11 Å². The van der Waals surface area contributed by atoms with Gasteiger partial charge in [-0.1, -0.05) is 13.8 Å². The number of carbonyl (C=O) groups excluding carboxylic acids is 1. The maximum atomic E-state index is 10.8. The number of hydrogen-bond acceptors (Lipinski definition) is 3. The van der Waals surface area contributed by atoms with Crippen LogP contribution in [-0.2, 0) is 9.53 Å². The molecule has 0 amide bonds. The third kappa shape index (κ3) is 4.79. The van der Waals surface area contributed by atoms with Gasteiger partial charge in [-0.3, -0.25) is 4.79 Å². The molecular formula is C8H17NO2. The molecular weight excluding hydrogens is 142 g/mol. The van der Waals surface area contributed by atoms with E-state index >= 15 is 0 Å². The summed E-state index contributed by atoms with van der Waals surface area (Å²) in [6, 6.07) is -0.442. The van der Waals surface area contributed by atoms with E-state index in [2.05, 4.69) is 18.6 Å². The molecule has 0 bridgehead atoms. The van der Waals surface area contributed by atoms with Crippen LogP contribution in [0.1, 0.15) is 26.7 Å². The van der Waals surface area contributed by atoms with Gasteiger partial charge in [0, 0.05) is 0 Å². The summed E-state index contributed by atoms with van der Waals surface area (Å²) < 4.78 is 4.48. The van der Waals surface area contributed by atoms with Gasteiger partial charge < -0.3 is 10.5 Å². The highest BCUT2D eigenvalue weighted by atomic mass is 16.5. The zero-order valence-electron chi connectivity index (χ0n) is 7.46. The molecule has 1 atom stereocenters. The molecule has 66 valence electrons. The number of carbonyl (C=O) groups is 1. The Hall–Kier alpha value is -0.570. The summed E-state index contributed by atoms with van der Waals surface area (Å²) >= 11 is 0. The smallest absolute Gasteiger partial charge is 0.322 e. The van der Waals surface area contributed by atoms with E-state index in [1.54, 1.807) is 0 Å². The second-order valence-corrected chi connectivity index (χ2v) is 3.10. The highest BCUT2D eigenvalue weighted by molar-refractivity contribution is 5.75. The first-order chi connectivity index (χ1) is 5.07. The van der Waals surface area contributed by atoms with Crippen LogP contribution in [0.3, 0.4) is 0 Å². The van der Waals surface area contributed by atoms with Crippen LogP contribution >= 0.6 is 0 Å². The van der Waals surface area contributed by atoms with Gasteiger partial charge in [-0.25, -0.2) is 0 Å². The van der Waals surface area contributed by atoms with Gasteiger partial charge in [-0.05, 0) is 18.8 Å². The third-order valence-electron chi connectivity index (χ3n) is 1.56. The quantitative estimate of drug-likeness (QED) is 0.621. The Morgan fingerprint density at radius 3 is 2.36 bits per heavy atom. The Morgan fingerprint density at radius 2 is 2.00 bits per heavy atom. The molecule has 0 radical (unpaired) electrons. The molecule has 0 aromatic carbocycles. The Bertz CT molecular complexity index is 123. The topological polar surface area (TPSA) is 52.3 Å². The van der Waals surface area contributed by atoms with Gasteiger partial charge in [0.15, 0.2) is 0 Å². The van der Waals surface area contributed by atoms with E-state index in [1.807, 2.05) is 0 Å². The number of esters is 1. The predicted octanol–water partition coefficient (Wildman–Crippen LogP) is 0.923. The largest absolute Gasteiger partial charge is 0.468 e. The zero-order chi connectivity index (χ0) is 8.85. The molecule has 2 N–H and O–H groups in total. The van der Waals surface area contributed by atoms with Crippen LogP contribution in [0.15, 0.2) is 0 Å². The minimum atomic E-state index is -0.442. The predicted molar refractivity (Wildman–Crippen MR) is 44.1 cm³/mol. The molecule has 0 saturated heterocycles. The number of rotatable bonds is 4. The SMILES string of the molecule is COC(=O)C(N)CCC(C)C. The van der Waals surface area contributed by atoms with Gasteiger partial charge in [0.2, 0.25) is 0 Å². The van der Waals surface area contributed by atoms with Crippen LogP contribution in [0.5, 0.6) is 0 Å². The van der Waals surface area contributed by atoms with Crippen molar-refractivity contribution in [3.63, 3.8) is 0 Å². The van der Waals surface area contributed by atoms with Crippen molar-refractivity contribution in [2.45, 2.75) is 32.7 Å². The van der Waals surface area contributed by atoms with Crippen molar-refractivity contribution in [2.24, 2.45) is 11.7 Å². The molecule has 0 rings (SSSR count). The molecule has 11 heavy (non-hydrogen) atoms. The fourth-order valence-corrected chi connectivity index (χ4v) is 0.782. The lowest BCUT2D eigenvalue weighted by Crippen LogP contribution is -2.31. The molecule has 0 aromatic rings. The van der Waals surface area contributed by atoms with E-state index in [0.29, 0.717) is 12.3 Å². The summed E-state index contributed by atoms with van der Waals surface area (Å²) in [5, 5.41) is 0. The van der Waals surface area contributed by atoms with Gasteiger partial charge in [0.1, 0.15) is 6.04 Å². The van der Waals surface area contributed by atoms with Gasteiger partial charge in [-0.2, -0.15) is 0 Å². The molecule has 1 unspecified atom stereocenters. The lowest BCUT2D eigenvalue weighted by atomic mass is 10.0. The minimum absolute atomic E-state index is 0.314. The van der Waals surface area contributed by atoms with E-state index in [-0.39, 0.29) is 5.97 Å². The monoisotopic (exact) mass is 159 g/mol. The molecule has 0 fully saturated rings. The van der Waals surface area contributed by atoms with Crippen molar-refractivity contribution in [1.29, 1.82) is 0 Å². The van der Waals surface area contributed by atoms with Crippen LogP contribution in [0.25, 0.3) is 0 Å². The standard InChI is InChI=1S/C8H17NO2/c1-6(2)4-5-7(9)8(10)11-3/h6-7H,4-5,9H2,1-3H3. The minimum Gasteiger partial charge on any atom is -0.468 e. The lowest BCUT2D eigenvalue weighted by molar-refractivity contribution is -0.142. The van der Waals surface area contributed by atoms with E-state index < -0.39 is 6.04 Å². The molecule has 0 heterocycles.